The molecule has 1 unspecified atom stereocenters. The third kappa shape index (κ3) is 3.28. The van der Waals surface area contributed by atoms with Crippen molar-refractivity contribution in [2.24, 2.45) is 0 Å². The van der Waals surface area contributed by atoms with Crippen LogP contribution in [-0.4, -0.2) is 36.1 Å². The molecule has 1 atom stereocenters. The number of piperazine rings is 1. The van der Waals surface area contributed by atoms with Crippen LogP contribution >= 0.6 is 0 Å². The highest BCUT2D eigenvalue weighted by molar-refractivity contribution is 5.29. The van der Waals surface area contributed by atoms with E-state index in [0.717, 1.165) is 43.0 Å². The minimum Gasteiger partial charge on any atom is -0.314 e. The lowest BCUT2D eigenvalue weighted by atomic mass is 10.00. The number of halogens is 1. The predicted octanol–water partition coefficient (Wildman–Crippen LogP) is 2.52. The molecule has 1 aromatic carbocycles. The zero-order valence-electron chi connectivity index (χ0n) is 12.2. The van der Waals surface area contributed by atoms with Crippen molar-refractivity contribution in [3.05, 3.63) is 65.2 Å². The highest BCUT2D eigenvalue weighted by Gasteiger charge is 2.24. The van der Waals surface area contributed by atoms with Gasteiger partial charge in [0.2, 0.25) is 0 Å². The average molecular weight is 285 g/mol. The molecule has 0 aliphatic carbocycles. The van der Waals surface area contributed by atoms with Crippen LogP contribution in [0.5, 0.6) is 0 Å². The molecule has 4 heteroatoms. The first-order valence-electron chi connectivity index (χ1n) is 7.37. The zero-order valence-corrected chi connectivity index (χ0v) is 12.2. The summed E-state index contributed by atoms with van der Waals surface area (Å²) in [5.74, 6) is -0.199. The summed E-state index contributed by atoms with van der Waals surface area (Å²) in [6.07, 6.45) is 1.90. The molecule has 21 heavy (non-hydrogen) atoms. The summed E-state index contributed by atoms with van der Waals surface area (Å²) < 4.78 is 13.2. The fraction of sp³-hybridized carbons (Fsp3) is 0.353. The van der Waals surface area contributed by atoms with E-state index < -0.39 is 0 Å². The van der Waals surface area contributed by atoms with Crippen molar-refractivity contribution in [2.45, 2.75) is 13.0 Å². The summed E-state index contributed by atoms with van der Waals surface area (Å²) in [4.78, 5) is 7.00. The topological polar surface area (TPSA) is 28.2 Å². The third-order valence-corrected chi connectivity index (χ3v) is 3.92. The molecule has 0 amide bonds. The summed E-state index contributed by atoms with van der Waals surface area (Å²) >= 11 is 0. The van der Waals surface area contributed by atoms with Gasteiger partial charge in [-0.3, -0.25) is 9.88 Å². The SMILES string of the molecule is Cc1ccc(C(c2ccc(F)cc2)N2CCNCC2)nc1. The van der Waals surface area contributed by atoms with Gasteiger partial charge in [0, 0.05) is 32.4 Å². The molecule has 1 saturated heterocycles. The first kappa shape index (κ1) is 14.2. The Kier molecular flexibility index (Phi) is 4.27. The standard InChI is InChI=1S/C17H20FN3/c1-13-2-7-16(20-12-13)17(21-10-8-19-9-11-21)14-3-5-15(18)6-4-14/h2-7,12,17,19H,8-11H2,1H3. The highest BCUT2D eigenvalue weighted by atomic mass is 19.1. The van der Waals surface area contributed by atoms with E-state index in [1.54, 1.807) is 0 Å². The van der Waals surface area contributed by atoms with Crippen LogP contribution in [0.2, 0.25) is 0 Å². The maximum Gasteiger partial charge on any atom is 0.123 e. The molecule has 1 aliphatic heterocycles. The van der Waals surface area contributed by atoms with Crippen molar-refractivity contribution >= 4 is 0 Å². The van der Waals surface area contributed by atoms with Gasteiger partial charge in [0.25, 0.3) is 0 Å². The molecule has 3 nitrogen and oxygen atoms in total. The fourth-order valence-electron chi connectivity index (χ4n) is 2.80. The van der Waals surface area contributed by atoms with Crippen molar-refractivity contribution in [2.75, 3.05) is 26.2 Å². The quantitative estimate of drug-likeness (QED) is 0.939. The van der Waals surface area contributed by atoms with Crippen molar-refractivity contribution in [3.63, 3.8) is 0 Å². The van der Waals surface area contributed by atoms with Gasteiger partial charge in [-0.15, -0.1) is 0 Å². The number of rotatable bonds is 3. The maximum atomic E-state index is 13.2. The predicted molar refractivity (Wildman–Crippen MR) is 81.7 cm³/mol. The molecular formula is C17H20FN3. The maximum absolute atomic E-state index is 13.2. The second-order valence-electron chi connectivity index (χ2n) is 5.50. The van der Waals surface area contributed by atoms with E-state index in [1.807, 2.05) is 25.3 Å². The molecule has 0 bridgehead atoms. The zero-order chi connectivity index (χ0) is 14.7. The van der Waals surface area contributed by atoms with E-state index in [9.17, 15) is 4.39 Å². The molecule has 1 fully saturated rings. The van der Waals surface area contributed by atoms with Crippen LogP contribution in [-0.2, 0) is 0 Å². The molecule has 2 heterocycles. The molecular weight excluding hydrogens is 265 g/mol. The van der Waals surface area contributed by atoms with Crippen LogP contribution in [0.1, 0.15) is 22.9 Å². The Bertz CT molecular complexity index is 528. The lowest BCUT2D eigenvalue weighted by Gasteiger charge is -2.35. The van der Waals surface area contributed by atoms with E-state index in [1.165, 1.54) is 12.1 Å². The number of nitrogens with zero attached hydrogens (tertiary/aromatic N) is 2. The van der Waals surface area contributed by atoms with Gasteiger partial charge in [0.15, 0.2) is 0 Å². The fourth-order valence-corrected chi connectivity index (χ4v) is 2.80. The Morgan fingerprint density at radius 2 is 1.81 bits per heavy atom. The molecule has 0 radical (unpaired) electrons. The Labute approximate surface area is 124 Å². The van der Waals surface area contributed by atoms with Crippen LogP contribution < -0.4 is 5.32 Å². The minimum absolute atomic E-state index is 0.0910. The van der Waals surface area contributed by atoms with Crippen LogP contribution in [0, 0.1) is 12.7 Å². The molecule has 0 spiro atoms. The van der Waals surface area contributed by atoms with Crippen LogP contribution in [0.3, 0.4) is 0 Å². The van der Waals surface area contributed by atoms with Gasteiger partial charge in [-0.1, -0.05) is 18.2 Å². The van der Waals surface area contributed by atoms with E-state index in [-0.39, 0.29) is 11.9 Å². The summed E-state index contributed by atoms with van der Waals surface area (Å²) in [7, 11) is 0. The van der Waals surface area contributed by atoms with Crippen molar-refractivity contribution in [3.8, 4) is 0 Å². The van der Waals surface area contributed by atoms with Gasteiger partial charge in [-0.25, -0.2) is 4.39 Å². The molecule has 1 aromatic heterocycles. The number of nitrogens with one attached hydrogen (secondary N) is 1. The first-order chi connectivity index (χ1) is 10.2. The number of aryl methyl sites for hydroxylation is 1. The minimum atomic E-state index is -0.199. The lowest BCUT2D eigenvalue weighted by Crippen LogP contribution is -2.45. The van der Waals surface area contributed by atoms with Gasteiger partial charge in [-0.05, 0) is 36.2 Å². The molecule has 1 N–H and O–H groups in total. The highest BCUT2D eigenvalue weighted by Crippen LogP contribution is 2.27. The Morgan fingerprint density at radius 3 is 2.43 bits per heavy atom. The smallest absolute Gasteiger partial charge is 0.123 e. The molecule has 3 rings (SSSR count). The van der Waals surface area contributed by atoms with Crippen LogP contribution in [0.4, 0.5) is 4.39 Å². The second-order valence-corrected chi connectivity index (χ2v) is 5.50. The number of pyridine rings is 1. The molecule has 0 saturated carbocycles. The van der Waals surface area contributed by atoms with Gasteiger partial charge >= 0.3 is 0 Å². The summed E-state index contributed by atoms with van der Waals surface area (Å²) in [6.45, 7) is 5.93. The first-order valence-corrected chi connectivity index (χ1v) is 7.37. The Morgan fingerprint density at radius 1 is 1.10 bits per heavy atom. The van der Waals surface area contributed by atoms with Crippen LogP contribution in [0.15, 0.2) is 42.6 Å². The van der Waals surface area contributed by atoms with E-state index in [0.29, 0.717) is 0 Å². The van der Waals surface area contributed by atoms with E-state index in [4.69, 9.17) is 0 Å². The normalized spacial score (nSPS) is 17.6. The third-order valence-electron chi connectivity index (χ3n) is 3.92. The van der Waals surface area contributed by atoms with Crippen LogP contribution in [0.25, 0.3) is 0 Å². The summed E-state index contributed by atoms with van der Waals surface area (Å²) in [5.41, 5.74) is 3.26. The largest absolute Gasteiger partial charge is 0.314 e. The Hall–Kier alpha value is -1.78. The number of aromatic nitrogens is 1. The second kappa shape index (κ2) is 6.33. The number of benzene rings is 1. The number of hydrogen-bond donors (Lipinski definition) is 1. The van der Waals surface area contributed by atoms with Gasteiger partial charge in [0.1, 0.15) is 5.82 Å². The molecule has 1 aliphatic rings. The van der Waals surface area contributed by atoms with Crippen molar-refractivity contribution < 1.29 is 4.39 Å². The number of hydrogen-bond acceptors (Lipinski definition) is 3. The van der Waals surface area contributed by atoms with Gasteiger partial charge in [-0.2, -0.15) is 0 Å². The van der Waals surface area contributed by atoms with E-state index >= 15 is 0 Å². The van der Waals surface area contributed by atoms with Gasteiger partial charge in [0.05, 0.1) is 11.7 Å². The Balaban J connectivity index is 1.97. The van der Waals surface area contributed by atoms with Gasteiger partial charge < -0.3 is 5.32 Å². The van der Waals surface area contributed by atoms with E-state index in [2.05, 4.69) is 27.3 Å². The molecule has 2 aromatic rings. The molecule has 110 valence electrons. The summed E-state index contributed by atoms with van der Waals surface area (Å²) in [6, 6.07) is 11.0. The monoisotopic (exact) mass is 285 g/mol. The average Bonchev–Trinajstić information content (AvgIpc) is 2.52. The lowest BCUT2D eigenvalue weighted by molar-refractivity contribution is 0.195. The van der Waals surface area contributed by atoms with Crippen molar-refractivity contribution in [1.29, 1.82) is 0 Å². The van der Waals surface area contributed by atoms with Crippen molar-refractivity contribution in [1.82, 2.24) is 15.2 Å². The summed E-state index contributed by atoms with van der Waals surface area (Å²) in [5, 5.41) is 3.37.